The van der Waals surface area contributed by atoms with Crippen molar-refractivity contribution in [2.75, 3.05) is 18.0 Å². The number of hydrogen-bond donors (Lipinski definition) is 2. The minimum absolute atomic E-state index is 0.000788. The minimum Gasteiger partial charge on any atom is -0.366 e. The van der Waals surface area contributed by atoms with Crippen molar-refractivity contribution in [3.63, 3.8) is 0 Å². The molecule has 2 N–H and O–H groups in total. The Morgan fingerprint density at radius 2 is 1.79 bits per heavy atom. The predicted molar refractivity (Wildman–Crippen MR) is 104 cm³/mol. The highest BCUT2D eigenvalue weighted by atomic mass is 19.1. The quantitative estimate of drug-likeness (QED) is 0.806. The van der Waals surface area contributed by atoms with Crippen LogP contribution in [0.2, 0.25) is 0 Å². The molecule has 9 heteroatoms. The van der Waals surface area contributed by atoms with Gasteiger partial charge in [0.05, 0.1) is 0 Å². The van der Waals surface area contributed by atoms with E-state index in [2.05, 4.69) is 10.6 Å². The first kappa shape index (κ1) is 19.7. The van der Waals surface area contributed by atoms with Crippen LogP contribution in [0.1, 0.15) is 18.4 Å². The van der Waals surface area contributed by atoms with Gasteiger partial charge in [-0.05, 0) is 30.5 Å². The zero-order valence-corrected chi connectivity index (χ0v) is 15.9. The van der Waals surface area contributed by atoms with Crippen LogP contribution in [-0.4, -0.2) is 34.3 Å². The largest absolute Gasteiger partial charge is 0.366 e. The second-order valence-electron chi connectivity index (χ2n) is 6.99. The second kappa shape index (κ2) is 8.28. The van der Waals surface area contributed by atoms with E-state index in [1.165, 1.54) is 23.7 Å². The summed E-state index contributed by atoms with van der Waals surface area (Å²) >= 11 is 0. The average Bonchev–Trinajstić information content (AvgIpc) is 2.69. The van der Waals surface area contributed by atoms with Crippen LogP contribution in [0.25, 0.3) is 0 Å². The van der Waals surface area contributed by atoms with Crippen molar-refractivity contribution in [2.45, 2.75) is 25.4 Å². The van der Waals surface area contributed by atoms with Gasteiger partial charge in [0.2, 0.25) is 0 Å². The summed E-state index contributed by atoms with van der Waals surface area (Å²) in [7, 11) is 3.08. The molecule has 0 radical (unpaired) electrons. The van der Waals surface area contributed by atoms with Crippen LogP contribution in [0.3, 0.4) is 0 Å². The van der Waals surface area contributed by atoms with Crippen molar-refractivity contribution in [3.8, 4) is 0 Å². The Morgan fingerprint density at radius 1 is 1.14 bits per heavy atom. The maximum absolute atomic E-state index is 12.9. The third kappa shape index (κ3) is 4.41. The molecular weight excluding hydrogens is 365 g/mol. The Bertz CT molecular complexity index is 959. The van der Waals surface area contributed by atoms with Crippen LogP contribution in [0, 0.1) is 5.82 Å². The Hall–Kier alpha value is -3.10. The number of nitrogens with one attached hydrogen (secondary N) is 2. The van der Waals surface area contributed by atoms with E-state index in [1.807, 2.05) is 4.90 Å². The molecule has 1 aliphatic rings. The highest BCUT2D eigenvalue weighted by molar-refractivity contribution is 5.74. The van der Waals surface area contributed by atoms with Crippen molar-refractivity contribution in [1.82, 2.24) is 19.8 Å². The number of aryl methyl sites for hydroxylation is 1. The molecule has 150 valence electrons. The molecule has 0 aliphatic carbocycles. The summed E-state index contributed by atoms with van der Waals surface area (Å²) in [5, 5.41) is 5.69. The molecule has 2 heterocycles. The SMILES string of the molecule is Cn1cc(N2CCC(NC(=O)NCc3ccc(F)cc3)CC2)c(=O)n(C)c1=O. The number of carbonyl (C=O) groups excluding carboxylic acids is 1. The van der Waals surface area contributed by atoms with Crippen molar-refractivity contribution in [3.05, 3.63) is 62.7 Å². The Kier molecular flexibility index (Phi) is 5.81. The van der Waals surface area contributed by atoms with Gasteiger partial charge in [0.1, 0.15) is 11.5 Å². The number of amides is 2. The lowest BCUT2D eigenvalue weighted by Gasteiger charge is -2.33. The fourth-order valence-corrected chi connectivity index (χ4v) is 3.29. The molecule has 0 saturated carbocycles. The van der Waals surface area contributed by atoms with Crippen molar-refractivity contribution >= 4 is 11.7 Å². The van der Waals surface area contributed by atoms with E-state index in [1.54, 1.807) is 25.4 Å². The van der Waals surface area contributed by atoms with Gasteiger partial charge in [-0.25, -0.2) is 14.0 Å². The van der Waals surface area contributed by atoms with E-state index in [-0.39, 0.29) is 29.1 Å². The number of piperidine rings is 1. The van der Waals surface area contributed by atoms with E-state index < -0.39 is 0 Å². The summed E-state index contributed by atoms with van der Waals surface area (Å²) in [5.41, 5.74) is 0.635. The van der Waals surface area contributed by atoms with Crippen LogP contribution >= 0.6 is 0 Å². The summed E-state index contributed by atoms with van der Waals surface area (Å²) in [6, 6.07) is 5.69. The summed E-state index contributed by atoms with van der Waals surface area (Å²) in [6.45, 7) is 1.53. The Morgan fingerprint density at radius 3 is 2.43 bits per heavy atom. The first-order valence-corrected chi connectivity index (χ1v) is 9.15. The van der Waals surface area contributed by atoms with Crippen LogP contribution in [0.15, 0.2) is 40.1 Å². The normalized spacial score (nSPS) is 14.8. The predicted octanol–water partition coefficient (Wildman–Crippen LogP) is 0.691. The zero-order valence-electron chi connectivity index (χ0n) is 15.9. The van der Waals surface area contributed by atoms with Crippen molar-refractivity contribution in [2.24, 2.45) is 14.1 Å². The summed E-state index contributed by atoms with van der Waals surface area (Å²) in [6.07, 6.45) is 2.94. The number of carbonyl (C=O) groups is 1. The Labute approximate surface area is 161 Å². The maximum atomic E-state index is 12.9. The van der Waals surface area contributed by atoms with Gasteiger partial charge in [0, 0.05) is 46.0 Å². The lowest BCUT2D eigenvalue weighted by molar-refractivity contribution is 0.234. The molecule has 1 saturated heterocycles. The van der Waals surface area contributed by atoms with Crippen LogP contribution in [-0.2, 0) is 20.6 Å². The monoisotopic (exact) mass is 389 g/mol. The van der Waals surface area contributed by atoms with Crippen molar-refractivity contribution < 1.29 is 9.18 Å². The van der Waals surface area contributed by atoms with Gasteiger partial charge in [0.25, 0.3) is 5.56 Å². The molecule has 3 rings (SSSR count). The lowest BCUT2D eigenvalue weighted by Crippen LogP contribution is -2.49. The Balaban J connectivity index is 1.51. The summed E-state index contributed by atoms with van der Waals surface area (Å²) < 4.78 is 15.4. The smallest absolute Gasteiger partial charge is 0.330 e. The second-order valence-corrected chi connectivity index (χ2v) is 6.99. The molecule has 1 aromatic carbocycles. The van der Waals surface area contributed by atoms with Gasteiger partial charge in [-0.15, -0.1) is 0 Å². The van der Waals surface area contributed by atoms with Crippen LogP contribution in [0.4, 0.5) is 14.9 Å². The van der Waals surface area contributed by atoms with Crippen LogP contribution < -0.4 is 26.8 Å². The molecule has 2 aromatic rings. The summed E-state index contributed by atoms with van der Waals surface area (Å²) in [4.78, 5) is 38.2. The molecule has 1 aromatic heterocycles. The molecule has 0 bridgehead atoms. The highest BCUT2D eigenvalue weighted by Crippen LogP contribution is 2.15. The van der Waals surface area contributed by atoms with E-state index in [9.17, 15) is 18.8 Å². The van der Waals surface area contributed by atoms with Crippen LogP contribution in [0.5, 0.6) is 0 Å². The first-order valence-electron chi connectivity index (χ1n) is 9.15. The van der Waals surface area contributed by atoms with Gasteiger partial charge in [-0.2, -0.15) is 0 Å². The number of anilines is 1. The number of benzene rings is 1. The molecular formula is C19H24FN5O3. The van der Waals surface area contributed by atoms with Gasteiger partial charge in [-0.3, -0.25) is 9.36 Å². The van der Waals surface area contributed by atoms with E-state index in [4.69, 9.17) is 0 Å². The third-order valence-electron chi connectivity index (χ3n) is 4.97. The number of rotatable bonds is 4. The number of nitrogens with zero attached hydrogens (tertiary/aromatic N) is 3. The number of aromatic nitrogens is 2. The number of urea groups is 1. The molecule has 28 heavy (non-hydrogen) atoms. The third-order valence-corrected chi connectivity index (χ3v) is 4.97. The fraction of sp³-hybridized carbons (Fsp3) is 0.421. The first-order chi connectivity index (χ1) is 13.3. The molecule has 1 aliphatic heterocycles. The van der Waals surface area contributed by atoms with E-state index in [0.29, 0.717) is 38.2 Å². The molecule has 2 amide bonds. The summed E-state index contributed by atoms with van der Waals surface area (Å²) in [5.74, 6) is -0.312. The maximum Gasteiger partial charge on any atom is 0.330 e. The van der Waals surface area contributed by atoms with Gasteiger partial charge in [-0.1, -0.05) is 12.1 Å². The number of hydrogen-bond acceptors (Lipinski definition) is 4. The van der Waals surface area contributed by atoms with Gasteiger partial charge >= 0.3 is 11.7 Å². The standard InChI is InChI=1S/C19H24FN5O3/c1-23-12-16(17(26)24(2)19(23)28)25-9-7-15(8-10-25)22-18(27)21-11-13-3-5-14(20)6-4-13/h3-6,12,15H,7-11H2,1-2H3,(H2,21,22,27). The minimum atomic E-state index is -0.358. The van der Waals surface area contributed by atoms with E-state index in [0.717, 1.165) is 10.1 Å². The fourth-order valence-electron chi connectivity index (χ4n) is 3.29. The van der Waals surface area contributed by atoms with Gasteiger partial charge in [0.15, 0.2) is 0 Å². The molecule has 0 spiro atoms. The average molecular weight is 389 g/mol. The molecule has 1 fully saturated rings. The highest BCUT2D eigenvalue weighted by Gasteiger charge is 2.23. The van der Waals surface area contributed by atoms with Crippen molar-refractivity contribution in [1.29, 1.82) is 0 Å². The molecule has 8 nitrogen and oxygen atoms in total. The van der Waals surface area contributed by atoms with Gasteiger partial charge < -0.3 is 20.1 Å². The number of halogens is 1. The zero-order chi connectivity index (χ0) is 20.3. The topological polar surface area (TPSA) is 88.4 Å². The lowest BCUT2D eigenvalue weighted by atomic mass is 10.0. The van der Waals surface area contributed by atoms with E-state index >= 15 is 0 Å². The molecule has 0 unspecified atom stereocenters. The molecule has 0 atom stereocenters.